The summed E-state index contributed by atoms with van der Waals surface area (Å²) in [5.41, 5.74) is 1.54. The third-order valence-electron chi connectivity index (χ3n) is 4.03. The van der Waals surface area contributed by atoms with Gasteiger partial charge in [-0.1, -0.05) is 18.2 Å². The number of hydrogen-bond donors (Lipinski definition) is 1. The molecule has 2 aromatic heterocycles. The molecule has 1 unspecified atom stereocenters. The van der Waals surface area contributed by atoms with Gasteiger partial charge in [-0.15, -0.1) is 0 Å². The van der Waals surface area contributed by atoms with Crippen molar-refractivity contribution in [2.24, 2.45) is 0 Å². The van der Waals surface area contributed by atoms with Gasteiger partial charge in [-0.3, -0.25) is 9.48 Å². The maximum atomic E-state index is 14.0. The van der Waals surface area contributed by atoms with Gasteiger partial charge in [-0.05, 0) is 32.0 Å². The second-order valence-electron chi connectivity index (χ2n) is 6.54. The maximum absolute atomic E-state index is 14.0. The molecule has 0 fully saturated rings. The number of carbonyl (C=O) groups is 1. The Hall–Kier alpha value is -3.44. The SMILES string of the molecule is C=C(C)c1nc(C(=O)NC(C)Cn2ccc(-c3cc(F)c(C#N)c(Cl)c3)n2)co1. The van der Waals surface area contributed by atoms with E-state index in [2.05, 4.69) is 22.0 Å². The Bertz CT molecular complexity index is 1110. The zero-order valence-corrected chi connectivity index (χ0v) is 16.5. The highest BCUT2D eigenvalue weighted by atomic mass is 35.5. The first-order valence-corrected chi connectivity index (χ1v) is 9.01. The van der Waals surface area contributed by atoms with Crippen LogP contribution in [0.1, 0.15) is 35.8 Å². The zero-order chi connectivity index (χ0) is 21.1. The number of carbonyl (C=O) groups excluding carboxylic acids is 1. The molecule has 1 amide bonds. The van der Waals surface area contributed by atoms with Crippen molar-refractivity contribution in [3.63, 3.8) is 0 Å². The topological polar surface area (TPSA) is 96.7 Å². The van der Waals surface area contributed by atoms with E-state index in [1.54, 1.807) is 29.9 Å². The van der Waals surface area contributed by atoms with Gasteiger partial charge in [0, 0.05) is 23.4 Å². The number of hydrogen-bond acceptors (Lipinski definition) is 5. The molecule has 0 bridgehead atoms. The molecule has 1 atom stereocenters. The van der Waals surface area contributed by atoms with E-state index in [1.165, 1.54) is 18.4 Å². The van der Waals surface area contributed by atoms with Gasteiger partial charge in [-0.25, -0.2) is 9.37 Å². The fraction of sp³-hybridized carbons (Fsp3) is 0.200. The number of nitriles is 1. The number of rotatable bonds is 6. The predicted octanol–water partition coefficient (Wildman–Crippen LogP) is 4.05. The second-order valence-corrected chi connectivity index (χ2v) is 6.95. The van der Waals surface area contributed by atoms with Crippen molar-refractivity contribution < 1.29 is 13.6 Å². The summed E-state index contributed by atoms with van der Waals surface area (Å²) >= 11 is 5.95. The molecular formula is C20H17ClFN5O2. The number of nitrogens with one attached hydrogen (secondary N) is 1. The minimum atomic E-state index is -0.702. The molecule has 0 saturated heterocycles. The molecule has 7 nitrogen and oxygen atoms in total. The molecule has 0 spiro atoms. The van der Waals surface area contributed by atoms with E-state index in [0.717, 1.165) is 0 Å². The number of amides is 1. The molecule has 29 heavy (non-hydrogen) atoms. The van der Waals surface area contributed by atoms with Crippen molar-refractivity contribution in [1.29, 1.82) is 5.26 Å². The highest BCUT2D eigenvalue weighted by Crippen LogP contribution is 2.26. The molecule has 9 heteroatoms. The Morgan fingerprint density at radius 1 is 1.52 bits per heavy atom. The monoisotopic (exact) mass is 413 g/mol. The normalized spacial score (nSPS) is 11.7. The molecule has 3 aromatic rings. The molecule has 1 aromatic carbocycles. The second kappa shape index (κ2) is 8.29. The molecule has 3 rings (SSSR count). The van der Waals surface area contributed by atoms with E-state index in [-0.39, 0.29) is 28.2 Å². The predicted molar refractivity (Wildman–Crippen MR) is 105 cm³/mol. The lowest BCUT2D eigenvalue weighted by molar-refractivity contribution is 0.0931. The fourth-order valence-electron chi connectivity index (χ4n) is 2.64. The van der Waals surface area contributed by atoms with Crippen molar-refractivity contribution in [3.8, 4) is 17.3 Å². The first-order valence-electron chi connectivity index (χ1n) is 8.63. The van der Waals surface area contributed by atoms with Crippen LogP contribution >= 0.6 is 11.6 Å². The van der Waals surface area contributed by atoms with E-state index in [9.17, 15) is 9.18 Å². The highest BCUT2D eigenvalue weighted by Gasteiger charge is 2.16. The quantitative estimate of drug-likeness (QED) is 0.657. The molecule has 0 aliphatic carbocycles. The lowest BCUT2D eigenvalue weighted by Crippen LogP contribution is -2.36. The molecule has 1 N–H and O–H groups in total. The third-order valence-corrected chi connectivity index (χ3v) is 4.33. The van der Waals surface area contributed by atoms with Crippen LogP contribution in [-0.2, 0) is 6.54 Å². The maximum Gasteiger partial charge on any atom is 0.273 e. The summed E-state index contributed by atoms with van der Waals surface area (Å²) in [6.45, 7) is 7.65. The summed E-state index contributed by atoms with van der Waals surface area (Å²) in [6, 6.07) is 5.86. The Labute approximate surface area is 171 Å². The van der Waals surface area contributed by atoms with Gasteiger partial charge >= 0.3 is 0 Å². The van der Waals surface area contributed by atoms with E-state index < -0.39 is 5.82 Å². The number of oxazole rings is 1. The van der Waals surface area contributed by atoms with Crippen molar-refractivity contribution in [1.82, 2.24) is 20.1 Å². The van der Waals surface area contributed by atoms with Gasteiger partial charge in [0.15, 0.2) is 5.69 Å². The number of allylic oxidation sites excluding steroid dienone is 1. The average molecular weight is 414 g/mol. The molecule has 2 heterocycles. The van der Waals surface area contributed by atoms with Crippen LogP contribution in [0.25, 0.3) is 16.8 Å². The molecule has 0 saturated carbocycles. The van der Waals surface area contributed by atoms with E-state index in [1.807, 2.05) is 6.92 Å². The Kier molecular flexibility index (Phi) is 5.80. The number of aromatic nitrogens is 3. The summed E-state index contributed by atoms with van der Waals surface area (Å²) in [7, 11) is 0. The average Bonchev–Trinajstić information content (AvgIpc) is 3.31. The molecule has 148 valence electrons. The van der Waals surface area contributed by atoms with Crippen LogP contribution < -0.4 is 5.32 Å². The van der Waals surface area contributed by atoms with Crippen LogP contribution in [0.2, 0.25) is 5.02 Å². The molecule has 0 aliphatic heterocycles. The van der Waals surface area contributed by atoms with Gasteiger partial charge < -0.3 is 9.73 Å². The van der Waals surface area contributed by atoms with Crippen molar-refractivity contribution in [3.05, 3.63) is 65.2 Å². The lowest BCUT2D eigenvalue weighted by Gasteiger charge is -2.12. The zero-order valence-electron chi connectivity index (χ0n) is 15.7. The Morgan fingerprint density at radius 2 is 2.28 bits per heavy atom. The van der Waals surface area contributed by atoms with Crippen LogP contribution in [0.3, 0.4) is 0 Å². The molecular weight excluding hydrogens is 397 g/mol. The van der Waals surface area contributed by atoms with Crippen LogP contribution in [0.4, 0.5) is 4.39 Å². The van der Waals surface area contributed by atoms with Crippen LogP contribution in [-0.4, -0.2) is 26.7 Å². The first-order chi connectivity index (χ1) is 13.8. The van der Waals surface area contributed by atoms with Gasteiger partial charge in [0.05, 0.1) is 17.3 Å². The minimum absolute atomic E-state index is 0.0272. The Balaban J connectivity index is 1.67. The van der Waals surface area contributed by atoms with E-state index >= 15 is 0 Å². The van der Waals surface area contributed by atoms with Gasteiger partial charge in [0.1, 0.15) is 23.7 Å². The van der Waals surface area contributed by atoms with Crippen LogP contribution in [0.5, 0.6) is 0 Å². The van der Waals surface area contributed by atoms with Gasteiger partial charge in [0.2, 0.25) is 5.89 Å². The van der Waals surface area contributed by atoms with Crippen molar-refractivity contribution in [2.45, 2.75) is 26.4 Å². The van der Waals surface area contributed by atoms with Crippen molar-refractivity contribution >= 4 is 23.1 Å². The minimum Gasteiger partial charge on any atom is -0.444 e. The summed E-state index contributed by atoms with van der Waals surface area (Å²) < 4.78 is 20.8. The fourth-order valence-corrected chi connectivity index (χ4v) is 2.89. The largest absolute Gasteiger partial charge is 0.444 e. The number of halogens is 2. The third kappa shape index (κ3) is 4.52. The van der Waals surface area contributed by atoms with E-state index in [0.29, 0.717) is 29.3 Å². The van der Waals surface area contributed by atoms with Crippen LogP contribution in [0, 0.1) is 17.1 Å². The highest BCUT2D eigenvalue weighted by molar-refractivity contribution is 6.32. The first kappa shape index (κ1) is 20.3. The van der Waals surface area contributed by atoms with Gasteiger partial charge in [-0.2, -0.15) is 10.4 Å². The molecule has 0 aliphatic rings. The van der Waals surface area contributed by atoms with Gasteiger partial charge in [0.25, 0.3) is 5.91 Å². The summed E-state index contributed by atoms with van der Waals surface area (Å²) in [5.74, 6) is -0.762. The summed E-state index contributed by atoms with van der Waals surface area (Å²) in [6.07, 6.45) is 2.98. The Morgan fingerprint density at radius 3 is 2.90 bits per heavy atom. The standard InChI is InChI=1S/C20H17ClFN5O2/c1-11(2)20-25-18(10-29-20)19(28)24-12(3)9-27-5-4-17(26-27)13-6-15(21)14(8-23)16(22)7-13/h4-7,10,12H,1,9H2,2-3H3,(H,24,28). The molecule has 0 radical (unpaired) electrons. The van der Waals surface area contributed by atoms with E-state index in [4.69, 9.17) is 21.3 Å². The lowest BCUT2D eigenvalue weighted by atomic mass is 10.1. The van der Waals surface area contributed by atoms with Crippen LogP contribution in [0.15, 0.2) is 41.7 Å². The van der Waals surface area contributed by atoms with Crippen molar-refractivity contribution in [2.75, 3.05) is 0 Å². The smallest absolute Gasteiger partial charge is 0.273 e. The number of benzene rings is 1. The summed E-state index contributed by atoms with van der Waals surface area (Å²) in [4.78, 5) is 16.3. The number of nitrogens with zero attached hydrogens (tertiary/aromatic N) is 4. The summed E-state index contributed by atoms with van der Waals surface area (Å²) in [5, 5.41) is 16.1.